The first-order chi connectivity index (χ1) is 16.6. The molecule has 1 aliphatic heterocycles. The van der Waals surface area contributed by atoms with Crippen LogP contribution in [0.3, 0.4) is 0 Å². The predicted octanol–water partition coefficient (Wildman–Crippen LogP) is 4.31. The van der Waals surface area contributed by atoms with E-state index in [2.05, 4.69) is 10.4 Å². The quantitative estimate of drug-likeness (QED) is 0.513. The molecule has 1 aliphatic rings. The predicted molar refractivity (Wildman–Crippen MR) is 117 cm³/mol. The van der Waals surface area contributed by atoms with Gasteiger partial charge in [-0.1, -0.05) is 11.6 Å². The third kappa shape index (κ3) is 4.50. The van der Waals surface area contributed by atoms with E-state index in [0.29, 0.717) is 0 Å². The number of fused-ring (bicyclic) bond motifs is 1. The minimum atomic E-state index is -2.98. The summed E-state index contributed by atoms with van der Waals surface area (Å²) < 4.78 is 56.4. The van der Waals surface area contributed by atoms with E-state index in [1.165, 1.54) is 18.2 Å². The summed E-state index contributed by atoms with van der Waals surface area (Å²) in [7, 11) is 0. The van der Waals surface area contributed by atoms with E-state index in [1.807, 2.05) is 0 Å². The number of carbonyl (C=O) groups excluding carboxylic acids is 2. The lowest BCUT2D eigenvalue weighted by Crippen LogP contribution is -2.45. The van der Waals surface area contributed by atoms with Gasteiger partial charge in [0.15, 0.2) is 0 Å². The Balaban J connectivity index is 1.72. The summed E-state index contributed by atoms with van der Waals surface area (Å²) in [5.41, 5.74) is 5.10. The third-order valence-corrected chi connectivity index (χ3v) is 5.72. The Bertz CT molecular complexity index is 1390. The van der Waals surface area contributed by atoms with Crippen molar-refractivity contribution in [2.75, 3.05) is 11.9 Å². The molecular weight excluding hydrogens is 492 g/mol. The van der Waals surface area contributed by atoms with Crippen molar-refractivity contribution in [3.63, 3.8) is 0 Å². The van der Waals surface area contributed by atoms with Gasteiger partial charge in [0, 0.05) is 11.3 Å². The number of anilines is 1. The highest BCUT2D eigenvalue weighted by Crippen LogP contribution is 2.35. The molecule has 0 radical (unpaired) electrons. The number of alkyl halides is 2. The molecule has 8 nitrogen and oxygen atoms in total. The van der Waals surface area contributed by atoms with Crippen molar-refractivity contribution < 1.29 is 27.2 Å². The maximum Gasteiger partial charge on any atom is 0.322 e. The van der Waals surface area contributed by atoms with Crippen LogP contribution in [-0.4, -0.2) is 39.6 Å². The number of nitrogens with two attached hydrogens (primary N) is 1. The molecule has 0 saturated heterocycles. The number of halogens is 5. The van der Waals surface area contributed by atoms with Crippen LogP contribution in [0.25, 0.3) is 11.3 Å². The van der Waals surface area contributed by atoms with Crippen molar-refractivity contribution in [1.29, 1.82) is 5.26 Å². The van der Waals surface area contributed by atoms with Gasteiger partial charge in [0.25, 0.3) is 12.3 Å². The Morgan fingerprint density at radius 3 is 2.54 bits per heavy atom. The maximum atomic E-state index is 14.0. The molecule has 0 bridgehead atoms. The van der Waals surface area contributed by atoms with E-state index in [0.717, 1.165) is 27.8 Å². The molecule has 4 rings (SSSR count). The van der Waals surface area contributed by atoms with Crippen LogP contribution in [0.2, 0.25) is 5.02 Å². The van der Waals surface area contributed by atoms with Crippen molar-refractivity contribution in [2.24, 2.45) is 5.73 Å². The number of urea groups is 1. The van der Waals surface area contributed by atoms with Crippen LogP contribution >= 0.6 is 11.6 Å². The molecular formula is C22H15ClF4N6O2. The fourth-order valence-electron chi connectivity index (χ4n) is 3.78. The second kappa shape index (κ2) is 9.27. The first-order valence-electron chi connectivity index (χ1n) is 10.0. The van der Waals surface area contributed by atoms with Crippen molar-refractivity contribution in [3.05, 3.63) is 69.9 Å². The van der Waals surface area contributed by atoms with E-state index < -0.39 is 42.6 Å². The van der Waals surface area contributed by atoms with E-state index in [-0.39, 0.29) is 45.3 Å². The highest BCUT2D eigenvalue weighted by molar-refractivity contribution is 6.31. The lowest BCUT2D eigenvalue weighted by Gasteiger charge is -2.33. The van der Waals surface area contributed by atoms with Crippen LogP contribution in [0.15, 0.2) is 36.4 Å². The second-order valence-electron chi connectivity index (χ2n) is 7.63. The van der Waals surface area contributed by atoms with Gasteiger partial charge in [0.1, 0.15) is 29.4 Å². The van der Waals surface area contributed by atoms with E-state index in [9.17, 15) is 27.2 Å². The molecule has 2 heterocycles. The zero-order chi connectivity index (χ0) is 25.4. The third-order valence-electron chi connectivity index (χ3n) is 5.43. The smallest absolute Gasteiger partial charge is 0.322 e. The lowest BCUT2D eigenvalue weighted by atomic mass is 10.0. The molecule has 0 fully saturated rings. The number of nitrogens with one attached hydrogen (secondary N) is 1. The van der Waals surface area contributed by atoms with Gasteiger partial charge in [-0.05, 0) is 36.4 Å². The van der Waals surface area contributed by atoms with Crippen LogP contribution in [0, 0.1) is 23.0 Å². The van der Waals surface area contributed by atoms with Gasteiger partial charge in [-0.3, -0.25) is 9.48 Å². The summed E-state index contributed by atoms with van der Waals surface area (Å²) in [6.45, 7) is -0.813. The van der Waals surface area contributed by atoms with Gasteiger partial charge in [0.2, 0.25) is 0 Å². The molecule has 0 spiro atoms. The standard InChI is InChI=1S/C22H15ClF4N6O2/c23-13-5-10(2-4-14(13)24)19-18(21(29)34)16-8-32(9-17(20(26)27)33(16)31-19)22(35)30-12-3-1-11(7-28)15(25)6-12/h1-6,17,20H,8-9H2,(H2,29,34)(H,30,35)/t17-/m0/s1. The Morgan fingerprint density at radius 1 is 1.20 bits per heavy atom. The van der Waals surface area contributed by atoms with Gasteiger partial charge < -0.3 is 16.0 Å². The number of nitriles is 1. The van der Waals surface area contributed by atoms with E-state index >= 15 is 0 Å². The summed E-state index contributed by atoms with van der Waals surface area (Å²) in [6, 6.07) is 5.99. The molecule has 3 amide bonds. The largest absolute Gasteiger partial charge is 0.365 e. The molecule has 13 heteroatoms. The molecule has 0 aliphatic carbocycles. The summed E-state index contributed by atoms with van der Waals surface area (Å²) in [5.74, 6) is -2.59. The van der Waals surface area contributed by atoms with Crippen LogP contribution in [0.4, 0.5) is 28.0 Å². The molecule has 3 N–H and O–H groups in total. The van der Waals surface area contributed by atoms with E-state index in [1.54, 1.807) is 6.07 Å². The molecule has 1 atom stereocenters. The van der Waals surface area contributed by atoms with Crippen molar-refractivity contribution in [2.45, 2.75) is 19.0 Å². The highest BCUT2D eigenvalue weighted by Gasteiger charge is 2.38. The van der Waals surface area contributed by atoms with Crippen LogP contribution in [-0.2, 0) is 6.54 Å². The number of primary amides is 1. The van der Waals surface area contributed by atoms with Gasteiger partial charge in [0.05, 0.1) is 34.9 Å². The van der Waals surface area contributed by atoms with Gasteiger partial charge in [-0.15, -0.1) is 0 Å². The molecule has 0 saturated carbocycles. The first-order valence-corrected chi connectivity index (χ1v) is 10.4. The Kier molecular flexibility index (Phi) is 6.36. The summed E-state index contributed by atoms with van der Waals surface area (Å²) >= 11 is 5.82. The topological polar surface area (TPSA) is 117 Å². The number of hydrogen-bond donors (Lipinski definition) is 2. The van der Waals surface area contributed by atoms with Crippen molar-refractivity contribution in [1.82, 2.24) is 14.7 Å². The lowest BCUT2D eigenvalue weighted by molar-refractivity contribution is 0.0444. The van der Waals surface area contributed by atoms with Gasteiger partial charge in [-0.2, -0.15) is 10.4 Å². The van der Waals surface area contributed by atoms with Crippen LogP contribution in [0.1, 0.15) is 27.7 Å². The monoisotopic (exact) mass is 506 g/mol. The van der Waals surface area contributed by atoms with Crippen LogP contribution < -0.4 is 11.1 Å². The molecule has 3 aromatic rings. The van der Waals surface area contributed by atoms with Gasteiger partial charge in [-0.25, -0.2) is 22.4 Å². The number of rotatable bonds is 4. The zero-order valence-corrected chi connectivity index (χ0v) is 18.4. The maximum absolute atomic E-state index is 14.0. The highest BCUT2D eigenvalue weighted by atomic mass is 35.5. The Labute approximate surface area is 200 Å². The molecule has 1 aromatic heterocycles. The number of aromatic nitrogens is 2. The molecule has 35 heavy (non-hydrogen) atoms. The fourth-order valence-corrected chi connectivity index (χ4v) is 3.96. The van der Waals surface area contributed by atoms with Crippen LogP contribution in [0.5, 0.6) is 0 Å². The number of amides is 3. The number of hydrogen-bond acceptors (Lipinski definition) is 4. The number of carbonyl (C=O) groups is 2. The van der Waals surface area contributed by atoms with Gasteiger partial charge >= 0.3 is 6.03 Å². The first kappa shape index (κ1) is 24.0. The number of benzene rings is 2. The average Bonchev–Trinajstić information content (AvgIpc) is 3.20. The van der Waals surface area contributed by atoms with E-state index in [4.69, 9.17) is 22.6 Å². The molecule has 2 aromatic carbocycles. The summed E-state index contributed by atoms with van der Waals surface area (Å²) in [4.78, 5) is 26.1. The van der Waals surface area contributed by atoms with Crippen molar-refractivity contribution >= 4 is 29.2 Å². The fraction of sp³-hybridized carbons (Fsp3) is 0.182. The Morgan fingerprint density at radius 2 is 1.94 bits per heavy atom. The molecule has 180 valence electrons. The SMILES string of the molecule is N#Cc1ccc(NC(=O)N2Cc3c(C(N)=O)c(-c4ccc(F)c(Cl)c4)nn3[C@H](C(F)F)C2)cc1F. The zero-order valence-electron chi connectivity index (χ0n) is 17.6. The normalized spacial score (nSPS) is 15.0. The summed E-state index contributed by atoms with van der Waals surface area (Å²) in [6.07, 6.45) is -2.98. The Hall–Kier alpha value is -4.11. The second-order valence-corrected chi connectivity index (χ2v) is 8.03. The number of nitrogens with zero attached hydrogens (tertiary/aromatic N) is 4. The minimum Gasteiger partial charge on any atom is -0.365 e. The van der Waals surface area contributed by atoms with Crippen molar-refractivity contribution in [3.8, 4) is 17.3 Å². The minimum absolute atomic E-state index is 0.00375. The summed E-state index contributed by atoms with van der Waals surface area (Å²) in [5, 5.41) is 15.1. The molecule has 0 unspecified atom stereocenters. The average molecular weight is 507 g/mol.